The van der Waals surface area contributed by atoms with Crippen LogP contribution in [0.2, 0.25) is 0 Å². The summed E-state index contributed by atoms with van der Waals surface area (Å²) >= 11 is 0. The van der Waals surface area contributed by atoms with Gasteiger partial charge in [-0.05, 0) is 30.9 Å². The Labute approximate surface area is 144 Å². The summed E-state index contributed by atoms with van der Waals surface area (Å²) in [5.41, 5.74) is 2.63. The van der Waals surface area contributed by atoms with Crippen LogP contribution in [0.3, 0.4) is 0 Å². The molecule has 1 aliphatic carbocycles. The highest BCUT2D eigenvalue weighted by molar-refractivity contribution is 5.61. The lowest BCUT2D eigenvalue weighted by Crippen LogP contribution is -2.01. The van der Waals surface area contributed by atoms with Crippen molar-refractivity contribution in [3.05, 3.63) is 54.9 Å². The topological polar surface area (TPSA) is 72.9 Å². The van der Waals surface area contributed by atoms with Gasteiger partial charge in [-0.2, -0.15) is 9.61 Å². The van der Waals surface area contributed by atoms with E-state index < -0.39 is 0 Å². The molecule has 1 N–H and O–H groups in total. The Morgan fingerprint density at radius 1 is 1.04 bits per heavy atom. The van der Waals surface area contributed by atoms with E-state index in [1.807, 2.05) is 59.5 Å². The number of hydrogen-bond donors (Lipinski definition) is 1. The minimum absolute atomic E-state index is 0.717. The van der Waals surface area contributed by atoms with E-state index in [0.717, 1.165) is 35.4 Å². The Morgan fingerprint density at radius 2 is 1.92 bits per heavy atom. The number of fused-ring (bicyclic) bond motifs is 1. The zero-order valence-electron chi connectivity index (χ0n) is 13.6. The van der Waals surface area contributed by atoms with Crippen molar-refractivity contribution in [2.45, 2.75) is 19.4 Å². The van der Waals surface area contributed by atoms with Crippen LogP contribution in [0.1, 0.15) is 12.8 Å². The molecule has 0 spiro atoms. The molecule has 124 valence electrons. The molecule has 25 heavy (non-hydrogen) atoms. The first-order valence-electron chi connectivity index (χ1n) is 8.42. The van der Waals surface area contributed by atoms with Crippen LogP contribution >= 0.6 is 0 Å². The van der Waals surface area contributed by atoms with E-state index in [2.05, 4.69) is 25.7 Å². The van der Waals surface area contributed by atoms with Gasteiger partial charge in [0.15, 0.2) is 17.3 Å². The second-order valence-electron chi connectivity index (χ2n) is 6.40. The average molecular weight is 331 g/mol. The number of aromatic nitrogens is 6. The van der Waals surface area contributed by atoms with E-state index in [0.29, 0.717) is 5.65 Å². The lowest BCUT2D eigenvalue weighted by Gasteiger charge is -2.04. The van der Waals surface area contributed by atoms with Crippen LogP contribution in [0.25, 0.3) is 17.0 Å². The molecule has 0 saturated heterocycles. The molecule has 1 fully saturated rings. The number of rotatable bonds is 5. The first-order valence-corrected chi connectivity index (χ1v) is 8.42. The summed E-state index contributed by atoms with van der Waals surface area (Å²) in [4.78, 5) is 0. The SMILES string of the molecule is c1ccc(-c2nnc3ccc(Nc4cnn(CC5CC5)c4)nn23)cc1. The number of nitrogens with zero attached hydrogens (tertiary/aromatic N) is 6. The van der Waals surface area contributed by atoms with Gasteiger partial charge in [-0.1, -0.05) is 30.3 Å². The maximum Gasteiger partial charge on any atom is 0.185 e. The fraction of sp³-hybridized carbons (Fsp3) is 0.222. The van der Waals surface area contributed by atoms with Crippen LogP contribution in [0.5, 0.6) is 0 Å². The second-order valence-corrected chi connectivity index (χ2v) is 6.40. The largest absolute Gasteiger partial charge is 0.336 e. The van der Waals surface area contributed by atoms with Gasteiger partial charge >= 0.3 is 0 Å². The van der Waals surface area contributed by atoms with Gasteiger partial charge in [0.2, 0.25) is 0 Å². The molecule has 1 aromatic carbocycles. The Hall–Kier alpha value is -3.22. The van der Waals surface area contributed by atoms with E-state index >= 15 is 0 Å². The number of hydrogen-bond acceptors (Lipinski definition) is 5. The summed E-state index contributed by atoms with van der Waals surface area (Å²) in [6.07, 6.45) is 6.49. The molecule has 7 nitrogen and oxygen atoms in total. The molecule has 5 rings (SSSR count). The van der Waals surface area contributed by atoms with Crippen molar-refractivity contribution in [1.82, 2.24) is 29.6 Å². The number of anilines is 2. The Kier molecular flexibility index (Phi) is 3.22. The lowest BCUT2D eigenvalue weighted by atomic mass is 10.2. The summed E-state index contributed by atoms with van der Waals surface area (Å²) in [7, 11) is 0. The molecule has 0 bridgehead atoms. The molecule has 1 aliphatic rings. The van der Waals surface area contributed by atoms with E-state index in [9.17, 15) is 0 Å². The fourth-order valence-corrected chi connectivity index (χ4v) is 2.86. The number of nitrogens with one attached hydrogen (secondary N) is 1. The van der Waals surface area contributed by atoms with Gasteiger partial charge in [-0.3, -0.25) is 4.68 Å². The smallest absolute Gasteiger partial charge is 0.185 e. The van der Waals surface area contributed by atoms with Crippen molar-refractivity contribution in [3.63, 3.8) is 0 Å². The summed E-state index contributed by atoms with van der Waals surface area (Å²) < 4.78 is 3.75. The predicted molar refractivity (Wildman–Crippen MR) is 94.5 cm³/mol. The maximum absolute atomic E-state index is 4.63. The van der Waals surface area contributed by atoms with Crippen molar-refractivity contribution in [2.75, 3.05) is 5.32 Å². The molecule has 0 amide bonds. The standard InChI is InChI=1S/C18H17N7/c1-2-4-14(5-3-1)18-22-21-17-9-8-16(23-25(17)18)20-15-10-19-24(12-15)11-13-6-7-13/h1-5,8-10,12-13H,6-7,11H2,(H,20,23). The molecule has 4 aromatic rings. The van der Waals surface area contributed by atoms with Crippen LogP contribution in [-0.2, 0) is 6.54 Å². The highest BCUT2D eigenvalue weighted by Gasteiger charge is 2.22. The minimum Gasteiger partial charge on any atom is -0.336 e. The van der Waals surface area contributed by atoms with Crippen LogP contribution in [-0.4, -0.2) is 29.6 Å². The summed E-state index contributed by atoms with van der Waals surface area (Å²) in [5.74, 6) is 2.26. The fourth-order valence-electron chi connectivity index (χ4n) is 2.86. The normalized spacial score (nSPS) is 14.1. The quantitative estimate of drug-likeness (QED) is 0.608. The van der Waals surface area contributed by atoms with Crippen LogP contribution in [0.4, 0.5) is 11.5 Å². The van der Waals surface area contributed by atoms with Crippen molar-refractivity contribution in [1.29, 1.82) is 0 Å². The third-order valence-corrected chi connectivity index (χ3v) is 4.34. The number of benzene rings is 1. The highest BCUT2D eigenvalue weighted by atomic mass is 15.4. The summed E-state index contributed by atoms with van der Waals surface area (Å²) in [6, 6.07) is 13.7. The van der Waals surface area contributed by atoms with Crippen LogP contribution in [0, 0.1) is 5.92 Å². The van der Waals surface area contributed by atoms with Gasteiger partial charge in [-0.25, -0.2) is 0 Å². The Bertz CT molecular complexity index is 1010. The molecular weight excluding hydrogens is 314 g/mol. The van der Waals surface area contributed by atoms with Gasteiger partial charge in [0.05, 0.1) is 11.9 Å². The zero-order chi connectivity index (χ0) is 16.6. The summed E-state index contributed by atoms with van der Waals surface area (Å²) in [6.45, 7) is 0.998. The van der Waals surface area contributed by atoms with Gasteiger partial charge in [-0.15, -0.1) is 15.3 Å². The lowest BCUT2D eigenvalue weighted by molar-refractivity contribution is 0.563. The van der Waals surface area contributed by atoms with Crippen molar-refractivity contribution < 1.29 is 0 Å². The molecule has 0 aliphatic heterocycles. The maximum atomic E-state index is 4.63. The van der Waals surface area contributed by atoms with E-state index in [1.165, 1.54) is 12.8 Å². The molecular formula is C18H17N7. The van der Waals surface area contributed by atoms with Crippen LogP contribution < -0.4 is 5.32 Å². The third kappa shape index (κ3) is 2.84. The van der Waals surface area contributed by atoms with Gasteiger partial charge < -0.3 is 5.32 Å². The zero-order valence-corrected chi connectivity index (χ0v) is 13.6. The van der Waals surface area contributed by atoms with E-state index in [1.54, 1.807) is 4.52 Å². The van der Waals surface area contributed by atoms with Gasteiger partial charge in [0, 0.05) is 18.3 Å². The van der Waals surface area contributed by atoms with Crippen molar-refractivity contribution >= 4 is 17.2 Å². The van der Waals surface area contributed by atoms with Crippen LogP contribution in [0.15, 0.2) is 54.9 Å². The Balaban J connectivity index is 1.44. The molecule has 1 saturated carbocycles. The second kappa shape index (κ2) is 5.70. The monoisotopic (exact) mass is 331 g/mol. The summed E-state index contributed by atoms with van der Waals surface area (Å²) in [5, 5.41) is 20.8. The molecule has 3 heterocycles. The molecule has 0 atom stereocenters. The van der Waals surface area contributed by atoms with Crippen molar-refractivity contribution in [2.24, 2.45) is 5.92 Å². The minimum atomic E-state index is 0.717. The average Bonchev–Trinajstić information content (AvgIpc) is 3.19. The molecule has 0 unspecified atom stereocenters. The van der Waals surface area contributed by atoms with E-state index in [4.69, 9.17) is 0 Å². The van der Waals surface area contributed by atoms with Crippen molar-refractivity contribution in [3.8, 4) is 11.4 Å². The first kappa shape index (κ1) is 14.2. The first-order chi connectivity index (χ1) is 12.3. The van der Waals surface area contributed by atoms with E-state index in [-0.39, 0.29) is 0 Å². The predicted octanol–water partition coefficient (Wildman–Crippen LogP) is 3.14. The molecule has 3 aromatic heterocycles. The van der Waals surface area contributed by atoms with Gasteiger partial charge in [0.25, 0.3) is 0 Å². The molecule has 7 heteroatoms. The third-order valence-electron chi connectivity index (χ3n) is 4.34. The Morgan fingerprint density at radius 3 is 2.76 bits per heavy atom. The molecule has 0 radical (unpaired) electrons. The van der Waals surface area contributed by atoms with Gasteiger partial charge in [0.1, 0.15) is 0 Å². The highest BCUT2D eigenvalue weighted by Crippen LogP contribution is 2.30.